The Morgan fingerprint density at radius 1 is 1.30 bits per heavy atom. The van der Waals surface area contributed by atoms with Gasteiger partial charge in [0.2, 0.25) is 5.91 Å². The Labute approximate surface area is 121 Å². The van der Waals surface area contributed by atoms with Gasteiger partial charge in [-0.05, 0) is 45.7 Å². The summed E-state index contributed by atoms with van der Waals surface area (Å²) in [4.78, 5) is 16.6. The van der Waals surface area contributed by atoms with Crippen molar-refractivity contribution in [3.63, 3.8) is 0 Å². The quantitative estimate of drug-likeness (QED) is 0.858. The zero-order chi connectivity index (χ0) is 14.9. The summed E-state index contributed by atoms with van der Waals surface area (Å²) in [5.41, 5.74) is 9.14. The molecule has 1 amide bonds. The van der Waals surface area contributed by atoms with Crippen molar-refractivity contribution in [2.75, 3.05) is 23.7 Å². The van der Waals surface area contributed by atoms with Crippen LogP contribution >= 0.6 is 0 Å². The van der Waals surface area contributed by atoms with Crippen LogP contribution in [0.15, 0.2) is 18.2 Å². The van der Waals surface area contributed by atoms with Crippen LogP contribution < -0.4 is 10.6 Å². The molecule has 0 saturated heterocycles. The number of benzene rings is 1. The molecule has 4 heteroatoms. The first kappa shape index (κ1) is 14.7. The van der Waals surface area contributed by atoms with E-state index >= 15 is 0 Å². The van der Waals surface area contributed by atoms with E-state index in [1.165, 1.54) is 5.56 Å². The van der Waals surface area contributed by atoms with Crippen molar-refractivity contribution in [3.05, 3.63) is 23.8 Å². The monoisotopic (exact) mass is 275 g/mol. The van der Waals surface area contributed by atoms with E-state index in [-0.39, 0.29) is 18.0 Å². The van der Waals surface area contributed by atoms with Gasteiger partial charge in [0.05, 0.1) is 17.9 Å². The maximum absolute atomic E-state index is 12.5. The first-order valence-electron chi connectivity index (χ1n) is 7.35. The van der Waals surface area contributed by atoms with Gasteiger partial charge in [0.15, 0.2) is 0 Å². The maximum Gasteiger partial charge on any atom is 0.242 e. The van der Waals surface area contributed by atoms with Crippen molar-refractivity contribution in [1.29, 1.82) is 0 Å². The second-order valence-corrected chi connectivity index (χ2v) is 6.02. The topological polar surface area (TPSA) is 49.6 Å². The summed E-state index contributed by atoms with van der Waals surface area (Å²) in [5, 5.41) is 0. The number of nitrogens with zero attached hydrogens (tertiary/aromatic N) is 2. The maximum atomic E-state index is 12.5. The molecular weight excluding hydrogens is 250 g/mol. The number of amides is 1. The third kappa shape index (κ3) is 2.74. The number of hydrogen-bond donors (Lipinski definition) is 1. The standard InChI is InChI=1S/C16H25N3O/c1-11(2)19(12(3)4)15(20)10-18-9-8-13-6-5-7-14(17)16(13)18/h5-7,11-12H,8-10,17H2,1-4H3. The molecule has 1 aliphatic heterocycles. The molecule has 0 saturated carbocycles. The number of para-hydroxylation sites is 1. The summed E-state index contributed by atoms with van der Waals surface area (Å²) in [6.45, 7) is 9.53. The Morgan fingerprint density at radius 2 is 1.95 bits per heavy atom. The highest BCUT2D eigenvalue weighted by Crippen LogP contribution is 2.33. The zero-order valence-electron chi connectivity index (χ0n) is 12.9. The molecule has 0 unspecified atom stereocenters. The average Bonchev–Trinajstić information content (AvgIpc) is 2.72. The van der Waals surface area contributed by atoms with Gasteiger partial charge in [0.25, 0.3) is 0 Å². The van der Waals surface area contributed by atoms with Crippen molar-refractivity contribution in [2.24, 2.45) is 0 Å². The number of fused-ring (bicyclic) bond motifs is 1. The van der Waals surface area contributed by atoms with Crippen LogP contribution in [0.3, 0.4) is 0 Å². The van der Waals surface area contributed by atoms with Crippen molar-refractivity contribution in [2.45, 2.75) is 46.2 Å². The number of anilines is 2. The molecule has 110 valence electrons. The van der Waals surface area contributed by atoms with Crippen LogP contribution in [-0.2, 0) is 11.2 Å². The Kier molecular flexibility index (Phi) is 4.21. The normalized spacial score (nSPS) is 14.0. The molecule has 0 aromatic heterocycles. The molecule has 0 spiro atoms. The lowest BCUT2D eigenvalue weighted by Crippen LogP contribution is -2.47. The molecule has 0 fully saturated rings. The molecule has 20 heavy (non-hydrogen) atoms. The fourth-order valence-corrected chi connectivity index (χ4v) is 3.14. The number of carbonyl (C=O) groups excluding carboxylic acids is 1. The molecule has 0 bridgehead atoms. The van der Waals surface area contributed by atoms with Gasteiger partial charge in [-0.3, -0.25) is 4.79 Å². The molecule has 1 aliphatic rings. The summed E-state index contributed by atoms with van der Waals surface area (Å²) in [7, 11) is 0. The van der Waals surface area contributed by atoms with E-state index in [1.54, 1.807) is 0 Å². The Balaban J connectivity index is 2.15. The molecule has 4 nitrogen and oxygen atoms in total. The number of hydrogen-bond acceptors (Lipinski definition) is 3. The Bertz CT molecular complexity index is 488. The molecule has 1 aromatic rings. The second-order valence-electron chi connectivity index (χ2n) is 6.02. The molecule has 1 aromatic carbocycles. The van der Waals surface area contributed by atoms with Gasteiger partial charge in [0, 0.05) is 18.6 Å². The molecule has 2 rings (SSSR count). The highest BCUT2D eigenvalue weighted by molar-refractivity contribution is 5.85. The highest BCUT2D eigenvalue weighted by Gasteiger charge is 2.27. The molecule has 0 radical (unpaired) electrons. The van der Waals surface area contributed by atoms with Crippen LogP contribution in [-0.4, -0.2) is 36.0 Å². The Hall–Kier alpha value is -1.71. The summed E-state index contributed by atoms with van der Waals surface area (Å²) in [6, 6.07) is 6.42. The minimum atomic E-state index is 0.172. The highest BCUT2D eigenvalue weighted by atomic mass is 16.2. The molecule has 1 heterocycles. The van der Waals surface area contributed by atoms with E-state index < -0.39 is 0 Å². The van der Waals surface area contributed by atoms with Gasteiger partial charge in [-0.1, -0.05) is 12.1 Å². The lowest BCUT2D eigenvalue weighted by molar-refractivity contribution is -0.133. The Morgan fingerprint density at radius 3 is 2.55 bits per heavy atom. The predicted molar refractivity (Wildman–Crippen MR) is 83.9 cm³/mol. The molecule has 0 atom stereocenters. The first-order chi connectivity index (χ1) is 9.41. The van der Waals surface area contributed by atoms with Gasteiger partial charge in [-0.2, -0.15) is 0 Å². The number of nitrogen functional groups attached to an aromatic ring is 1. The number of rotatable bonds is 4. The smallest absolute Gasteiger partial charge is 0.242 e. The van der Waals surface area contributed by atoms with Crippen LogP contribution in [0.5, 0.6) is 0 Å². The fraction of sp³-hybridized carbons (Fsp3) is 0.562. The van der Waals surface area contributed by atoms with Gasteiger partial charge in [-0.25, -0.2) is 0 Å². The van der Waals surface area contributed by atoms with Gasteiger partial charge < -0.3 is 15.5 Å². The third-order valence-electron chi connectivity index (χ3n) is 3.84. The van der Waals surface area contributed by atoms with E-state index in [1.807, 2.05) is 17.0 Å². The SMILES string of the molecule is CC(C)N(C(=O)CN1CCc2cccc(N)c21)C(C)C. The lowest BCUT2D eigenvalue weighted by Gasteiger charge is -2.33. The lowest BCUT2D eigenvalue weighted by atomic mass is 10.1. The van der Waals surface area contributed by atoms with Crippen LogP contribution in [0.4, 0.5) is 11.4 Å². The summed E-state index contributed by atoms with van der Waals surface area (Å²) in [5.74, 6) is 0.172. The minimum absolute atomic E-state index is 0.172. The van der Waals surface area contributed by atoms with Gasteiger partial charge in [-0.15, -0.1) is 0 Å². The second kappa shape index (κ2) is 5.73. The van der Waals surface area contributed by atoms with E-state index in [2.05, 4.69) is 38.7 Å². The molecule has 0 aliphatic carbocycles. The third-order valence-corrected chi connectivity index (χ3v) is 3.84. The van der Waals surface area contributed by atoms with Crippen molar-refractivity contribution in [3.8, 4) is 0 Å². The van der Waals surface area contributed by atoms with E-state index in [9.17, 15) is 4.79 Å². The average molecular weight is 275 g/mol. The number of nitrogens with two attached hydrogens (primary N) is 1. The van der Waals surface area contributed by atoms with E-state index in [4.69, 9.17) is 5.73 Å². The summed E-state index contributed by atoms with van der Waals surface area (Å²) in [6.07, 6.45) is 0.969. The van der Waals surface area contributed by atoms with Crippen molar-refractivity contribution in [1.82, 2.24) is 4.90 Å². The van der Waals surface area contributed by atoms with Gasteiger partial charge >= 0.3 is 0 Å². The molecular formula is C16H25N3O. The van der Waals surface area contributed by atoms with E-state index in [0.717, 1.165) is 24.3 Å². The first-order valence-corrected chi connectivity index (χ1v) is 7.35. The zero-order valence-corrected chi connectivity index (χ0v) is 12.9. The van der Waals surface area contributed by atoms with Crippen molar-refractivity contribution < 1.29 is 4.79 Å². The van der Waals surface area contributed by atoms with Gasteiger partial charge in [0.1, 0.15) is 0 Å². The molecule has 2 N–H and O–H groups in total. The predicted octanol–water partition coefficient (Wildman–Crippen LogP) is 2.28. The minimum Gasteiger partial charge on any atom is -0.397 e. The number of carbonyl (C=O) groups is 1. The van der Waals surface area contributed by atoms with E-state index in [0.29, 0.717) is 6.54 Å². The van der Waals surface area contributed by atoms with Crippen LogP contribution in [0, 0.1) is 0 Å². The van der Waals surface area contributed by atoms with Crippen LogP contribution in [0.2, 0.25) is 0 Å². The summed E-state index contributed by atoms with van der Waals surface area (Å²) < 4.78 is 0. The fourth-order valence-electron chi connectivity index (χ4n) is 3.14. The van der Waals surface area contributed by atoms with Crippen LogP contribution in [0.25, 0.3) is 0 Å². The van der Waals surface area contributed by atoms with Crippen LogP contribution in [0.1, 0.15) is 33.3 Å². The van der Waals surface area contributed by atoms with Crippen molar-refractivity contribution >= 4 is 17.3 Å². The summed E-state index contributed by atoms with van der Waals surface area (Å²) >= 11 is 0. The largest absolute Gasteiger partial charge is 0.397 e.